The highest BCUT2D eigenvalue weighted by Crippen LogP contribution is 2.40. The van der Waals surface area contributed by atoms with E-state index in [4.69, 9.17) is 40.7 Å². The Morgan fingerprint density at radius 3 is 2.31 bits per heavy atom. The Morgan fingerprint density at radius 1 is 1.10 bits per heavy atom. The molecule has 0 aliphatic carbocycles. The normalized spacial score (nSPS) is 14.0. The van der Waals surface area contributed by atoms with Gasteiger partial charge < -0.3 is 24.2 Å². The summed E-state index contributed by atoms with van der Waals surface area (Å²) in [7, 11) is -2.22. The number of nitrogens with zero attached hydrogens (tertiary/aromatic N) is 3. The summed E-state index contributed by atoms with van der Waals surface area (Å²) in [5, 5.41) is 4.41. The van der Waals surface area contributed by atoms with E-state index in [1.165, 1.54) is 0 Å². The molecule has 0 aliphatic rings. The molecule has 0 aliphatic heterocycles. The molecule has 1 amide bonds. The summed E-state index contributed by atoms with van der Waals surface area (Å²) in [5.41, 5.74) is 8.64. The Hall–Kier alpha value is -2.95. The summed E-state index contributed by atoms with van der Waals surface area (Å²) in [5.74, 6) is 1.75. The molecule has 0 radical (unpaired) electrons. The standard InChI is InChI=1S/C31H45ClN4O5Si/c1-18-25(24-19(2)36-40-20(24)3)34-28(35-27(18)32)21-13-12-14-22(17-21)39-26(30(4,5)6)23(15-16-38-29(33)37)41-42(10,11)31(7,8)9/h12-14,17,23,26H,15-16H2,1-11H3,(H2,33,37)/t23-,26?/m0/s1. The van der Waals surface area contributed by atoms with Crippen LogP contribution >= 0.6 is 11.6 Å². The quantitative estimate of drug-likeness (QED) is 0.179. The number of hydrogen-bond donors (Lipinski definition) is 1. The zero-order valence-corrected chi connectivity index (χ0v) is 28.5. The fourth-order valence-corrected chi connectivity index (χ4v) is 5.97. The SMILES string of the molecule is Cc1noc(C)c1-c1nc(-c2cccc(OC([C@H](CCOC(N)=O)O[Si](C)(C)C(C)(C)C)C(C)(C)C)c2)nc(Cl)c1C. The molecule has 2 atom stereocenters. The van der Waals surface area contributed by atoms with Gasteiger partial charge in [-0.15, -0.1) is 0 Å². The Balaban J connectivity index is 2.02. The van der Waals surface area contributed by atoms with Crippen LogP contribution in [0.2, 0.25) is 23.3 Å². The average molecular weight is 617 g/mol. The van der Waals surface area contributed by atoms with Crippen LogP contribution in [-0.2, 0) is 9.16 Å². The van der Waals surface area contributed by atoms with E-state index in [1.807, 2.05) is 45.0 Å². The number of carbonyl (C=O) groups is 1. The van der Waals surface area contributed by atoms with Gasteiger partial charge in [0.1, 0.15) is 22.8 Å². The second kappa shape index (κ2) is 12.7. The van der Waals surface area contributed by atoms with Crippen LogP contribution in [-0.4, -0.2) is 48.4 Å². The van der Waals surface area contributed by atoms with Crippen LogP contribution in [0.25, 0.3) is 22.6 Å². The first kappa shape index (κ1) is 33.5. The van der Waals surface area contributed by atoms with Crippen molar-refractivity contribution in [3.05, 3.63) is 46.4 Å². The first-order valence-electron chi connectivity index (χ1n) is 14.2. The summed E-state index contributed by atoms with van der Waals surface area (Å²) in [6.45, 7) is 23.0. The van der Waals surface area contributed by atoms with Crippen LogP contribution < -0.4 is 10.5 Å². The van der Waals surface area contributed by atoms with Crippen molar-refractivity contribution in [2.24, 2.45) is 11.1 Å². The Bertz CT molecular complexity index is 1390. The van der Waals surface area contributed by atoms with E-state index in [9.17, 15) is 4.79 Å². The molecule has 0 saturated carbocycles. The van der Waals surface area contributed by atoms with Gasteiger partial charge in [-0.25, -0.2) is 14.8 Å². The number of aromatic nitrogens is 3. The molecule has 1 unspecified atom stereocenters. The molecule has 9 nitrogen and oxygen atoms in total. The molecule has 42 heavy (non-hydrogen) atoms. The van der Waals surface area contributed by atoms with Crippen LogP contribution in [0.4, 0.5) is 4.79 Å². The molecule has 2 aromatic heterocycles. The number of carbonyl (C=O) groups excluding carboxylic acids is 1. The van der Waals surface area contributed by atoms with Gasteiger partial charge >= 0.3 is 6.09 Å². The second-order valence-electron chi connectivity index (χ2n) is 13.3. The molecule has 2 heterocycles. The number of nitrogens with two attached hydrogens (primary N) is 1. The van der Waals surface area contributed by atoms with Gasteiger partial charge in [0.25, 0.3) is 0 Å². The smallest absolute Gasteiger partial charge is 0.404 e. The van der Waals surface area contributed by atoms with Crippen molar-refractivity contribution in [3.8, 4) is 28.4 Å². The van der Waals surface area contributed by atoms with E-state index in [0.29, 0.717) is 34.6 Å². The molecular formula is C31H45ClN4O5Si. The van der Waals surface area contributed by atoms with Gasteiger partial charge in [-0.2, -0.15) is 0 Å². The topological polar surface area (TPSA) is 123 Å². The Kier molecular flexibility index (Phi) is 10.2. The van der Waals surface area contributed by atoms with Gasteiger partial charge in [0.2, 0.25) is 0 Å². The Labute approximate surface area is 255 Å². The van der Waals surface area contributed by atoms with Gasteiger partial charge in [-0.1, -0.05) is 70.4 Å². The summed E-state index contributed by atoms with van der Waals surface area (Å²) in [6, 6.07) is 7.62. The predicted molar refractivity (Wildman–Crippen MR) is 168 cm³/mol. The number of aryl methyl sites for hydroxylation is 2. The fourth-order valence-electron chi connectivity index (χ4n) is 4.45. The van der Waals surface area contributed by atoms with E-state index >= 15 is 0 Å². The fraction of sp³-hybridized carbons (Fsp3) is 0.548. The lowest BCUT2D eigenvalue weighted by molar-refractivity contribution is -0.0302. The number of ether oxygens (including phenoxy) is 2. The maximum Gasteiger partial charge on any atom is 0.404 e. The third-order valence-corrected chi connectivity index (χ3v) is 12.7. The lowest BCUT2D eigenvalue weighted by atomic mass is 9.84. The number of primary amides is 1. The lowest BCUT2D eigenvalue weighted by Crippen LogP contribution is -2.52. The molecule has 0 spiro atoms. The van der Waals surface area contributed by atoms with Gasteiger partial charge in [0.15, 0.2) is 14.1 Å². The van der Waals surface area contributed by atoms with Crippen molar-refractivity contribution in [2.45, 2.75) is 99.1 Å². The van der Waals surface area contributed by atoms with Crippen LogP contribution in [0, 0.1) is 26.2 Å². The van der Waals surface area contributed by atoms with Crippen LogP contribution in [0.1, 0.15) is 65.0 Å². The van der Waals surface area contributed by atoms with Gasteiger partial charge in [0, 0.05) is 23.0 Å². The number of halogens is 1. The van der Waals surface area contributed by atoms with Gasteiger partial charge in [-0.3, -0.25) is 0 Å². The largest absolute Gasteiger partial charge is 0.487 e. The molecule has 0 bridgehead atoms. The van der Waals surface area contributed by atoms with Gasteiger partial charge in [-0.05, 0) is 51.0 Å². The predicted octanol–water partition coefficient (Wildman–Crippen LogP) is 8.05. The number of hydrogen-bond acceptors (Lipinski definition) is 8. The van der Waals surface area contributed by atoms with E-state index in [-0.39, 0.29) is 29.3 Å². The van der Waals surface area contributed by atoms with Crippen molar-refractivity contribution in [1.82, 2.24) is 15.1 Å². The summed E-state index contributed by atoms with van der Waals surface area (Å²) in [6.07, 6.45) is -1.10. The molecular weight excluding hydrogens is 572 g/mol. The summed E-state index contributed by atoms with van der Waals surface area (Å²) >= 11 is 6.59. The minimum absolute atomic E-state index is 0.0287. The number of benzene rings is 1. The third-order valence-electron chi connectivity index (χ3n) is 7.80. The van der Waals surface area contributed by atoms with Crippen molar-refractivity contribution in [3.63, 3.8) is 0 Å². The Morgan fingerprint density at radius 2 is 1.76 bits per heavy atom. The van der Waals surface area contributed by atoms with E-state index < -0.39 is 14.4 Å². The number of amides is 1. The zero-order chi connectivity index (χ0) is 31.6. The van der Waals surface area contributed by atoms with Crippen molar-refractivity contribution in [1.29, 1.82) is 0 Å². The van der Waals surface area contributed by atoms with Crippen LogP contribution in [0.5, 0.6) is 5.75 Å². The maximum absolute atomic E-state index is 11.3. The highest BCUT2D eigenvalue weighted by molar-refractivity contribution is 6.74. The van der Waals surface area contributed by atoms with Crippen molar-refractivity contribution in [2.75, 3.05) is 6.61 Å². The van der Waals surface area contributed by atoms with Crippen LogP contribution in [0.3, 0.4) is 0 Å². The molecule has 3 aromatic rings. The summed E-state index contributed by atoms with van der Waals surface area (Å²) < 4.78 is 24.1. The zero-order valence-electron chi connectivity index (χ0n) is 26.7. The van der Waals surface area contributed by atoms with Crippen molar-refractivity contribution < 1.29 is 23.2 Å². The highest BCUT2D eigenvalue weighted by atomic mass is 35.5. The minimum Gasteiger partial charge on any atom is -0.487 e. The molecule has 11 heteroatoms. The molecule has 3 rings (SSSR count). The second-order valence-corrected chi connectivity index (χ2v) is 18.4. The first-order chi connectivity index (χ1) is 19.3. The van der Waals surface area contributed by atoms with Crippen molar-refractivity contribution >= 4 is 26.0 Å². The molecule has 1 aromatic carbocycles. The first-order valence-corrected chi connectivity index (χ1v) is 17.4. The van der Waals surface area contributed by atoms with E-state index in [1.54, 1.807) is 0 Å². The monoisotopic (exact) mass is 616 g/mol. The lowest BCUT2D eigenvalue weighted by Gasteiger charge is -2.44. The van der Waals surface area contributed by atoms with Gasteiger partial charge in [0.05, 0.1) is 29.7 Å². The van der Waals surface area contributed by atoms with E-state index in [2.05, 4.69) is 64.8 Å². The maximum atomic E-state index is 11.3. The number of rotatable bonds is 10. The molecule has 230 valence electrons. The minimum atomic E-state index is -2.22. The molecule has 0 saturated heterocycles. The molecule has 2 N–H and O–H groups in total. The third kappa shape index (κ3) is 7.90. The summed E-state index contributed by atoms with van der Waals surface area (Å²) in [4.78, 5) is 20.8. The average Bonchev–Trinajstić information content (AvgIpc) is 3.19. The van der Waals surface area contributed by atoms with E-state index in [0.717, 1.165) is 22.4 Å². The molecule has 0 fully saturated rings. The van der Waals surface area contributed by atoms with Crippen LogP contribution in [0.15, 0.2) is 28.8 Å². The highest BCUT2D eigenvalue weighted by Gasteiger charge is 2.44.